The van der Waals surface area contributed by atoms with Gasteiger partial charge in [0.25, 0.3) is 0 Å². The van der Waals surface area contributed by atoms with Crippen molar-refractivity contribution in [1.82, 2.24) is 0 Å². The van der Waals surface area contributed by atoms with Crippen molar-refractivity contribution < 1.29 is 14.6 Å². The normalized spacial score (nSPS) is 31.9. The second-order valence-corrected chi connectivity index (χ2v) is 4.46. The zero-order valence-corrected chi connectivity index (χ0v) is 8.71. The summed E-state index contributed by atoms with van der Waals surface area (Å²) in [6.07, 6.45) is 7.58. The third-order valence-electron chi connectivity index (χ3n) is 3.32. The first kappa shape index (κ1) is 10.4. The molecule has 3 nitrogen and oxygen atoms in total. The number of aliphatic hydroxyl groups excluding tert-OH is 1. The maximum absolute atomic E-state index is 9.37. The summed E-state index contributed by atoms with van der Waals surface area (Å²) in [5, 5.41) is 9.37. The number of hydrogen-bond acceptors (Lipinski definition) is 3. The van der Waals surface area contributed by atoms with E-state index in [2.05, 4.69) is 0 Å². The van der Waals surface area contributed by atoms with Gasteiger partial charge in [0, 0.05) is 6.61 Å². The van der Waals surface area contributed by atoms with Crippen LogP contribution in [0.25, 0.3) is 0 Å². The molecule has 0 bridgehead atoms. The van der Waals surface area contributed by atoms with Crippen LogP contribution in [0.1, 0.15) is 44.9 Å². The summed E-state index contributed by atoms with van der Waals surface area (Å²) in [6.45, 7) is 0.957. The zero-order chi connectivity index (χ0) is 9.86. The summed E-state index contributed by atoms with van der Waals surface area (Å²) in [4.78, 5) is 0. The monoisotopic (exact) mass is 200 g/mol. The molecule has 0 radical (unpaired) electrons. The van der Waals surface area contributed by atoms with Crippen LogP contribution in [0.4, 0.5) is 0 Å². The van der Waals surface area contributed by atoms with E-state index in [0.717, 1.165) is 32.3 Å². The Labute approximate surface area is 85.4 Å². The maximum Gasteiger partial charge on any atom is 0.158 e. The van der Waals surface area contributed by atoms with Crippen LogP contribution < -0.4 is 0 Å². The summed E-state index contributed by atoms with van der Waals surface area (Å²) >= 11 is 0. The molecule has 0 aromatic heterocycles. The summed E-state index contributed by atoms with van der Waals surface area (Å²) in [6, 6.07) is 0. The van der Waals surface area contributed by atoms with E-state index >= 15 is 0 Å². The van der Waals surface area contributed by atoms with Crippen LogP contribution >= 0.6 is 0 Å². The minimum atomic E-state index is -0.276. The summed E-state index contributed by atoms with van der Waals surface area (Å²) in [7, 11) is 0. The third kappa shape index (κ3) is 2.27. The van der Waals surface area contributed by atoms with Gasteiger partial charge in [-0.1, -0.05) is 12.8 Å². The van der Waals surface area contributed by atoms with Crippen LogP contribution in [0, 0.1) is 0 Å². The van der Waals surface area contributed by atoms with Gasteiger partial charge in [0.05, 0.1) is 12.2 Å². The number of ether oxygens (including phenoxy) is 2. The van der Waals surface area contributed by atoms with Crippen molar-refractivity contribution in [2.75, 3.05) is 13.2 Å². The van der Waals surface area contributed by atoms with E-state index in [9.17, 15) is 5.11 Å². The van der Waals surface area contributed by atoms with E-state index < -0.39 is 0 Å². The minimum Gasteiger partial charge on any atom is -0.393 e. The fourth-order valence-electron chi connectivity index (χ4n) is 2.42. The summed E-state index contributed by atoms with van der Waals surface area (Å²) in [5.41, 5.74) is -0.276. The summed E-state index contributed by atoms with van der Waals surface area (Å²) < 4.78 is 11.5. The number of rotatable bonds is 3. The molecule has 1 atom stereocenters. The van der Waals surface area contributed by atoms with E-state index in [4.69, 9.17) is 9.47 Å². The average Bonchev–Trinajstić information content (AvgIpc) is 2.69. The number of hydrogen-bond donors (Lipinski definition) is 1. The van der Waals surface area contributed by atoms with Gasteiger partial charge in [-0.15, -0.1) is 0 Å². The highest BCUT2D eigenvalue weighted by atomic mass is 16.7. The lowest BCUT2D eigenvalue weighted by Crippen LogP contribution is -2.39. The quantitative estimate of drug-likeness (QED) is 0.755. The molecule has 3 heteroatoms. The smallest absolute Gasteiger partial charge is 0.158 e. The highest BCUT2D eigenvalue weighted by Gasteiger charge is 2.37. The molecule has 1 aliphatic carbocycles. The Balaban J connectivity index is 1.86. The van der Waals surface area contributed by atoms with Gasteiger partial charge < -0.3 is 14.6 Å². The molecule has 1 saturated heterocycles. The van der Waals surface area contributed by atoms with Crippen LogP contribution in [0.2, 0.25) is 0 Å². The van der Waals surface area contributed by atoms with Crippen LogP contribution in [-0.2, 0) is 9.47 Å². The second-order valence-electron chi connectivity index (χ2n) is 4.46. The lowest BCUT2D eigenvalue weighted by atomic mass is 10.0. The Hall–Kier alpha value is -0.120. The van der Waals surface area contributed by atoms with Crippen molar-refractivity contribution in [3.05, 3.63) is 0 Å². The van der Waals surface area contributed by atoms with Crippen molar-refractivity contribution in [3.8, 4) is 0 Å². The lowest BCUT2D eigenvalue weighted by molar-refractivity contribution is -0.232. The molecule has 1 saturated carbocycles. The van der Waals surface area contributed by atoms with Crippen LogP contribution in [0.5, 0.6) is 0 Å². The Morgan fingerprint density at radius 1 is 1.21 bits per heavy atom. The average molecular weight is 200 g/mol. The third-order valence-corrected chi connectivity index (χ3v) is 3.32. The van der Waals surface area contributed by atoms with E-state index in [-0.39, 0.29) is 18.5 Å². The molecular formula is C11H20O3. The molecule has 0 amide bonds. The van der Waals surface area contributed by atoms with Gasteiger partial charge in [0.1, 0.15) is 0 Å². The Morgan fingerprint density at radius 3 is 2.57 bits per heavy atom. The molecule has 82 valence electrons. The first-order valence-corrected chi connectivity index (χ1v) is 5.75. The Morgan fingerprint density at radius 2 is 2.00 bits per heavy atom. The zero-order valence-electron chi connectivity index (χ0n) is 8.71. The first-order valence-electron chi connectivity index (χ1n) is 5.75. The van der Waals surface area contributed by atoms with E-state index in [1.807, 2.05) is 0 Å². The van der Waals surface area contributed by atoms with Crippen molar-refractivity contribution in [3.63, 3.8) is 0 Å². The van der Waals surface area contributed by atoms with Gasteiger partial charge in [0.15, 0.2) is 6.29 Å². The predicted molar refractivity (Wildman–Crippen MR) is 53.0 cm³/mol. The fraction of sp³-hybridized carbons (Fsp3) is 1.00. The topological polar surface area (TPSA) is 38.7 Å². The summed E-state index contributed by atoms with van der Waals surface area (Å²) in [5.74, 6) is 0. The fourth-order valence-corrected chi connectivity index (χ4v) is 2.42. The van der Waals surface area contributed by atoms with Crippen molar-refractivity contribution in [2.24, 2.45) is 0 Å². The molecule has 0 aromatic rings. The van der Waals surface area contributed by atoms with Gasteiger partial charge in [-0.3, -0.25) is 0 Å². The highest BCUT2D eigenvalue weighted by molar-refractivity contribution is 4.86. The van der Waals surface area contributed by atoms with Gasteiger partial charge in [0.2, 0.25) is 0 Å². The van der Waals surface area contributed by atoms with Gasteiger partial charge >= 0.3 is 0 Å². The Bertz CT molecular complexity index is 169. The molecule has 1 N–H and O–H groups in total. The molecule has 14 heavy (non-hydrogen) atoms. The molecule has 1 unspecified atom stereocenters. The predicted octanol–water partition coefficient (Wildman–Crippen LogP) is 1.83. The SMILES string of the molecule is OCC1(OC2CCCCO2)CCCC1. The van der Waals surface area contributed by atoms with E-state index in [1.54, 1.807) is 0 Å². The van der Waals surface area contributed by atoms with Gasteiger partial charge in [-0.2, -0.15) is 0 Å². The maximum atomic E-state index is 9.37. The van der Waals surface area contributed by atoms with Crippen LogP contribution in [0.3, 0.4) is 0 Å². The standard InChI is InChI=1S/C11H20O3/c12-9-11(6-2-3-7-11)14-10-5-1-4-8-13-10/h10,12H,1-9H2. The second kappa shape index (κ2) is 4.60. The molecule has 0 aromatic carbocycles. The molecule has 0 spiro atoms. The largest absolute Gasteiger partial charge is 0.393 e. The lowest BCUT2D eigenvalue weighted by Gasteiger charge is -2.33. The molecule has 2 fully saturated rings. The van der Waals surface area contributed by atoms with Crippen molar-refractivity contribution in [1.29, 1.82) is 0 Å². The number of aliphatic hydroxyl groups is 1. The van der Waals surface area contributed by atoms with Crippen LogP contribution in [0.15, 0.2) is 0 Å². The van der Waals surface area contributed by atoms with Crippen molar-refractivity contribution >= 4 is 0 Å². The Kier molecular flexibility index (Phi) is 3.42. The van der Waals surface area contributed by atoms with E-state index in [0.29, 0.717) is 0 Å². The van der Waals surface area contributed by atoms with Crippen molar-refractivity contribution in [2.45, 2.75) is 56.8 Å². The highest BCUT2D eigenvalue weighted by Crippen LogP contribution is 2.35. The molecule has 2 aliphatic rings. The minimum absolute atomic E-state index is 0.0611. The molecule has 1 aliphatic heterocycles. The van der Waals surface area contributed by atoms with E-state index in [1.165, 1.54) is 19.3 Å². The molecule has 2 rings (SSSR count). The first-order chi connectivity index (χ1) is 6.85. The van der Waals surface area contributed by atoms with Gasteiger partial charge in [-0.05, 0) is 32.1 Å². The van der Waals surface area contributed by atoms with Gasteiger partial charge in [-0.25, -0.2) is 0 Å². The molecule has 1 heterocycles. The molecular weight excluding hydrogens is 180 g/mol. The van der Waals surface area contributed by atoms with Crippen LogP contribution in [-0.4, -0.2) is 30.2 Å².